The topological polar surface area (TPSA) is 102 Å². The standard InChI is InChI=1S/C23H29ClN2O5S2/c1-22(2)13-16-18(21(28)31-5)20(32-19(16)23(3,4)26-22)25-17(27)7-6-12-33(29,30)15-10-8-14(24)9-11-15/h8-11,26H,6-7,12-13H2,1-5H3,(H,25,27). The van der Waals surface area contributed by atoms with Crippen molar-refractivity contribution in [3.8, 4) is 0 Å². The second-order valence-electron chi connectivity index (χ2n) is 9.34. The van der Waals surface area contributed by atoms with E-state index in [1.54, 1.807) is 0 Å². The van der Waals surface area contributed by atoms with Crippen molar-refractivity contribution in [1.82, 2.24) is 5.32 Å². The molecular formula is C23H29ClN2O5S2. The van der Waals surface area contributed by atoms with E-state index >= 15 is 0 Å². The Morgan fingerprint density at radius 3 is 2.42 bits per heavy atom. The van der Waals surface area contributed by atoms with Crippen LogP contribution in [0.2, 0.25) is 5.02 Å². The molecule has 1 aliphatic rings. The molecule has 180 valence electrons. The van der Waals surface area contributed by atoms with Crippen molar-refractivity contribution in [2.45, 2.75) is 62.9 Å². The summed E-state index contributed by atoms with van der Waals surface area (Å²) in [4.78, 5) is 26.4. The fraction of sp³-hybridized carbons (Fsp3) is 0.478. The van der Waals surface area contributed by atoms with Gasteiger partial charge in [-0.1, -0.05) is 11.6 Å². The van der Waals surface area contributed by atoms with E-state index in [9.17, 15) is 18.0 Å². The first kappa shape index (κ1) is 25.7. The molecule has 7 nitrogen and oxygen atoms in total. The van der Waals surface area contributed by atoms with Crippen LogP contribution >= 0.6 is 22.9 Å². The zero-order valence-corrected chi connectivity index (χ0v) is 21.8. The zero-order valence-electron chi connectivity index (χ0n) is 19.4. The van der Waals surface area contributed by atoms with Crippen LogP contribution in [0.25, 0.3) is 0 Å². The summed E-state index contributed by atoms with van der Waals surface area (Å²) in [6.45, 7) is 8.21. The van der Waals surface area contributed by atoms with Gasteiger partial charge in [-0.05, 0) is 70.4 Å². The molecule has 0 saturated heterocycles. The van der Waals surface area contributed by atoms with E-state index in [4.69, 9.17) is 16.3 Å². The number of carbonyl (C=O) groups excluding carboxylic acids is 2. The second-order valence-corrected chi connectivity index (χ2v) is 12.9. The summed E-state index contributed by atoms with van der Waals surface area (Å²) < 4.78 is 30.0. The lowest BCUT2D eigenvalue weighted by Gasteiger charge is -2.42. The van der Waals surface area contributed by atoms with Crippen LogP contribution in [-0.4, -0.2) is 38.7 Å². The molecule has 33 heavy (non-hydrogen) atoms. The maximum absolute atomic E-state index is 12.7. The molecule has 2 heterocycles. The first-order chi connectivity index (χ1) is 15.3. The summed E-state index contributed by atoms with van der Waals surface area (Å²) in [6.07, 6.45) is 0.764. The van der Waals surface area contributed by atoms with Crippen molar-refractivity contribution in [3.05, 3.63) is 45.3 Å². The fourth-order valence-electron chi connectivity index (χ4n) is 4.31. The Morgan fingerprint density at radius 2 is 1.82 bits per heavy atom. The van der Waals surface area contributed by atoms with Gasteiger partial charge in [-0.3, -0.25) is 4.79 Å². The van der Waals surface area contributed by atoms with Gasteiger partial charge in [0.2, 0.25) is 5.91 Å². The Kier molecular flexibility index (Phi) is 7.29. The number of thiophene rings is 1. The van der Waals surface area contributed by atoms with Crippen LogP contribution in [0.1, 0.15) is 61.3 Å². The summed E-state index contributed by atoms with van der Waals surface area (Å²) in [5.41, 5.74) is 0.626. The average molecular weight is 513 g/mol. The number of rotatable bonds is 7. The first-order valence-electron chi connectivity index (χ1n) is 10.6. The highest BCUT2D eigenvalue weighted by atomic mass is 35.5. The number of halogens is 1. The zero-order chi connectivity index (χ0) is 24.6. The molecule has 0 radical (unpaired) electrons. The lowest BCUT2D eigenvalue weighted by atomic mass is 9.81. The van der Waals surface area contributed by atoms with Gasteiger partial charge in [0.25, 0.3) is 0 Å². The summed E-state index contributed by atoms with van der Waals surface area (Å²) in [7, 11) is -2.20. The molecule has 0 bridgehead atoms. The van der Waals surface area contributed by atoms with Crippen LogP contribution in [0.3, 0.4) is 0 Å². The van der Waals surface area contributed by atoms with Crippen molar-refractivity contribution in [1.29, 1.82) is 0 Å². The van der Waals surface area contributed by atoms with Crippen molar-refractivity contribution in [2.24, 2.45) is 0 Å². The number of anilines is 1. The number of benzene rings is 1. The van der Waals surface area contributed by atoms with Gasteiger partial charge in [-0.2, -0.15) is 0 Å². The van der Waals surface area contributed by atoms with Gasteiger partial charge in [0, 0.05) is 27.4 Å². The summed E-state index contributed by atoms with van der Waals surface area (Å²) >= 11 is 7.17. The van der Waals surface area contributed by atoms with Crippen LogP contribution in [0.5, 0.6) is 0 Å². The maximum Gasteiger partial charge on any atom is 0.341 e. The number of amides is 1. The third kappa shape index (κ3) is 5.77. The Hall–Kier alpha value is -1.94. The molecular weight excluding hydrogens is 484 g/mol. The van der Waals surface area contributed by atoms with Gasteiger partial charge in [0.15, 0.2) is 9.84 Å². The second kappa shape index (κ2) is 9.37. The van der Waals surface area contributed by atoms with Gasteiger partial charge in [-0.25, -0.2) is 13.2 Å². The van der Waals surface area contributed by atoms with Crippen LogP contribution in [0.15, 0.2) is 29.2 Å². The Balaban J connectivity index is 1.75. The molecule has 2 aromatic rings. The largest absolute Gasteiger partial charge is 0.465 e. The molecule has 1 aliphatic heterocycles. The van der Waals surface area contributed by atoms with Gasteiger partial charge in [-0.15, -0.1) is 11.3 Å². The van der Waals surface area contributed by atoms with Crippen LogP contribution < -0.4 is 10.6 Å². The summed E-state index contributed by atoms with van der Waals surface area (Å²) in [5.74, 6) is -1.02. The molecule has 3 rings (SSSR count). The van der Waals surface area contributed by atoms with Crippen LogP contribution in [0.4, 0.5) is 5.00 Å². The number of carbonyl (C=O) groups is 2. The lowest BCUT2D eigenvalue weighted by molar-refractivity contribution is -0.116. The molecule has 0 aliphatic carbocycles. The van der Waals surface area contributed by atoms with E-state index in [-0.39, 0.29) is 40.5 Å². The Morgan fingerprint density at radius 1 is 1.18 bits per heavy atom. The van der Waals surface area contributed by atoms with Gasteiger partial charge in [0.1, 0.15) is 5.00 Å². The molecule has 0 fully saturated rings. The quantitative estimate of drug-likeness (QED) is 0.528. The van der Waals surface area contributed by atoms with Crippen molar-refractivity contribution in [3.63, 3.8) is 0 Å². The molecule has 0 saturated carbocycles. The maximum atomic E-state index is 12.7. The predicted molar refractivity (Wildman–Crippen MR) is 131 cm³/mol. The minimum absolute atomic E-state index is 0.00311. The third-order valence-electron chi connectivity index (χ3n) is 5.48. The van der Waals surface area contributed by atoms with E-state index in [0.717, 1.165) is 10.4 Å². The van der Waals surface area contributed by atoms with Gasteiger partial charge < -0.3 is 15.4 Å². The highest BCUT2D eigenvalue weighted by Crippen LogP contribution is 2.45. The highest BCUT2D eigenvalue weighted by Gasteiger charge is 2.42. The van der Waals surface area contributed by atoms with Crippen molar-refractivity contribution in [2.75, 3.05) is 18.2 Å². The molecule has 2 N–H and O–H groups in total. The van der Waals surface area contributed by atoms with Crippen molar-refractivity contribution < 1.29 is 22.7 Å². The molecule has 1 aromatic heterocycles. The number of esters is 1. The molecule has 10 heteroatoms. The minimum Gasteiger partial charge on any atom is -0.465 e. The summed E-state index contributed by atoms with van der Waals surface area (Å²) in [6, 6.07) is 5.94. The third-order valence-corrected chi connectivity index (χ3v) is 9.02. The Labute approximate surface area is 203 Å². The molecule has 0 unspecified atom stereocenters. The highest BCUT2D eigenvalue weighted by molar-refractivity contribution is 7.91. The van der Waals surface area contributed by atoms with Crippen LogP contribution in [-0.2, 0) is 31.3 Å². The van der Waals surface area contributed by atoms with E-state index in [2.05, 4.69) is 24.5 Å². The number of nitrogens with one attached hydrogen (secondary N) is 2. The number of sulfone groups is 1. The number of ether oxygens (including phenoxy) is 1. The van der Waals surface area contributed by atoms with E-state index in [0.29, 0.717) is 22.0 Å². The first-order valence-corrected chi connectivity index (χ1v) is 13.4. The molecule has 0 spiro atoms. The van der Waals surface area contributed by atoms with E-state index in [1.165, 1.54) is 42.7 Å². The van der Waals surface area contributed by atoms with Crippen LogP contribution in [0, 0.1) is 0 Å². The SMILES string of the molecule is COC(=O)c1c(NC(=O)CCCS(=O)(=O)c2ccc(Cl)cc2)sc2c1CC(C)(C)NC2(C)C. The normalized spacial score (nSPS) is 16.7. The Bertz CT molecular complexity index is 1170. The monoisotopic (exact) mass is 512 g/mol. The number of fused-ring (bicyclic) bond motifs is 1. The van der Waals surface area contributed by atoms with E-state index in [1.807, 2.05) is 13.8 Å². The predicted octanol–water partition coefficient (Wildman–Crippen LogP) is 4.54. The number of methoxy groups -OCH3 is 1. The summed E-state index contributed by atoms with van der Waals surface area (Å²) in [5, 5.41) is 7.29. The van der Waals surface area contributed by atoms with Gasteiger partial charge in [0.05, 0.1) is 23.3 Å². The number of hydrogen-bond acceptors (Lipinski definition) is 7. The number of hydrogen-bond donors (Lipinski definition) is 2. The minimum atomic E-state index is -3.52. The van der Waals surface area contributed by atoms with Gasteiger partial charge >= 0.3 is 5.97 Å². The molecule has 1 amide bonds. The smallest absolute Gasteiger partial charge is 0.341 e. The van der Waals surface area contributed by atoms with E-state index < -0.39 is 15.8 Å². The molecule has 0 atom stereocenters. The lowest BCUT2D eigenvalue weighted by Crippen LogP contribution is -2.55. The average Bonchev–Trinajstić information content (AvgIpc) is 3.04. The van der Waals surface area contributed by atoms with Crippen molar-refractivity contribution >= 4 is 49.7 Å². The fourth-order valence-corrected chi connectivity index (χ4v) is 7.02. The molecule has 1 aromatic carbocycles.